The first kappa shape index (κ1) is 21.7. The zero-order valence-electron chi connectivity index (χ0n) is 16.4. The van der Waals surface area contributed by atoms with Crippen molar-refractivity contribution in [1.82, 2.24) is 4.90 Å². The van der Waals surface area contributed by atoms with Crippen LogP contribution in [0.5, 0.6) is 0 Å². The summed E-state index contributed by atoms with van der Waals surface area (Å²) in [5.41, 5.74) is 7.58. The van der Waals surface area contributed by atoms with Gasteiger partial charge in [-0.05, 0) is 48.4 Å². The molecular formula is C23H27ClN2O2S. The van der Waals surface area contributed by atoms with E-state index in [0.29, 0.717) is 23.1 Å². The third-order valence-corrected chi connectivity index (χ3v) is 6.86. The monoisotopic (exact) mass is 430 g/mol. The van der Waals surface area contributed by atoms with Gasteiger partial charge in [-0.15, -0.1) is 11.8 Å². The van der Waals surface area contributed by atoms with E-state index in [0.717, 1.165) is 37.9 Å². The van der Waals surface area contributed by atoms with Gasteiger partial charge in [-0.1, -0.05) is 54.1 Å². The number of carbonyl (C=O) groups excluding carboxylic acids is 2. The molecule has 1 saturated heterocycles. The number of halogens is 1. The third kappa shape index (κ3) is 6.51. The first-order valence-corrected chi connectivity index (χ1v) is 11.4. The SMILES string of the molecule is NC(=O)CCC1CCCN(C(=O)CSC(c2ccccc2)c2ccc(Cl)cc2)C1. The summed E-state index contributed by atoms with van der Waals surface area (Å²) in [5.74, 6) is 0.683. The van der Waals surface area contributed by atoms with Gasteiger partial charge in [0.1, 0.15) is 0 Å². The lowest BCUT2D eigenvalue weighted by molar-refractivity contribution is -0.130. The second-order valence-corrected chi connectivity index (χ2v) is 9.04. The highest BCUT2D eigenvalue weighted by Crippen LogP contribution is 2.36. The maximum Gasteiger partial charge on any atom is 0.232 e. The normalized spacial score (nSPS) is 17.7. The van der Waals surface area contributed by atoms with E-state index in [4.69, 9.17) is 17.3 Å². The summed E-state index contributed by atoms with van der Waals surface area (Å²) in [6.07, 6.45) is 3.21. The van der Waals surface area contributed by atoms with Crippen LogP contribution >= 0.6 is 23.4 Å². The van der Waals surface area contributed by atoms with Crippen molar-refractivity contribution in [3.63, 3.8) is 0 Å². The Balaban J connectivity index is 1.63. The number of amides is 2. The molecule has 4 nitrogen and oxygen atoms in total. The molecule has 0 aromatic heterocycles. The zero-order chi connectivity index (χ0) is 20.6. The molecule has 2 aromatic rings. The molecule has 2 amide bonds. The number of carbonyl (C=O) groups is 2. The Labute approximate surface area is 181 Å². The van der Waals surface area contributed by atoms with E-state index in [1.165, 1.54) is 5.56 Å². The van der Waals surface area contributed by atoms with Crippen molar-refractivity contribution in [3.8, 4) is 0 Å². The Morgan fingerprint density at radius 3 is 2.48 bits per heavy atom. The molecule has 2 N–H and O–H groups in total. The van der Waals surface area contributed by atoms with Crippen molar-refractivity contribution in [2.45, 2.75) is 30.9 Å². The molecule has 6 heteroatoms. The van der Waals surface area contributed by atoms with Crippen LogP contribution in [0.25, 0.3) is 0 Å². The van der Waals surface area contributed by atoms with Gasteiger partial charge < -0.3 is 10.6 Å². The number of nitrogens with two attached hydrogens (primary N) is 1. The number of benzene rings is 2. The minimum atomic E-state index is -0.266. The Morgan fingerprint density at radius 1 is 1.10 bits per heavy atom. The van der Waals surface area contributed by atoms with Crippen LogP contribution < -0.4 is 5.73 Å². The predicted octanol–water partition coefficient (Wildman–Crippen LogP) is 4.67. The van der Waals surface area contributed by atoms with E-state index in [1.807, 2.05) is 47.4 Å². The van der Waals surface area contributed by atoms with E-state index in [1.54, 1.807) is 11.8 Å². The van der Waals surface area contributed by atoms with E-state index in [-0.39, 0.29) is 17.1 Å². The number of primary amides is 1. The van der Waals surface area contributed by atoms with Crippen molar-refractivity contribution in [2.75, 3.05) is 18.8 Å². The number of nitrogens with zero attached hydrogens (tertiary/aromatic N) is 1. The molecule has 0 spiro atoms. The Hall–Kier alpha value is -1.98. The van der Waals surface area contributed by atoms with Crippen molar-refractivity contribution in [2.24, 2.45) is 11.7 Å². The Bertz CT molecular complexity index is 813. The van der Waals surface area contributed by atoms with Crippen LogP contribution in [0.2, 0.25) is 5.02 Å². The fraction of sp³-hybridized carbons (Fsp3) is 0.391. The predicted molar refractivity (Wildman–Crippen MR) is 120 cm³/mol. The summed E-state index contributed by atoms with van der Waals surface area (Å²) in [6.45, 7) is 1.52. The van der Waals surface area contributed by atoms with Crippen molar-refractivity contribution in [1.29, 1.82) is 0 Å². The first-order chi connectivity index (χ1) is 14.0. The maximum absolute atomic E-state index is 12.9. The van der Waals surface area contributed by atoms with Gasteiger partial charge in [-0.3, -0.25) is 9.59 Å². The fourth-order valence-corrected chi connectivity index (χ4v) is 5.09. The first-order valence-electron chi connectivity index (χ1n) is 10.0. The molecular weight excluding hydrogens is 404 g/mol. The van der Waals surface area contributed by atoms with Crippen LogP contribution in [0.3, 0.4) is 0 Å². The second-order valence-electron chi connectivity index (χ2n) is 7.51. The number of hydrogen-bond acceptors (Lipinski definition) is 3. The minimum Gasteiger partial charge on any atom is -0.370 e. The lowest BCUT2D eigenvalue weighted by atomic mass is 9.93. The third-order valence-electron chi connectivity index (χ3n) is 5.32. The highest BCUT2D eigenvalue weighted by Gasteiger charge is 2.25. The standard InChI is InChI=1S/C23H27ClN2O2S/c24-20-11-9-19(10-12-20)23(18-6-2-1-3-7-18)29-16-22(28)26-14-4-5-17(15-26)8-13-21(25)27/h1-3,6-7,9-12,17,23H,4-5,8,13-16H2,(H2,25,27). The number of piperidine rings is 1. The topological polar surface area (TPSA) is 63.4 Å². The van der Waals surface area contributed by atoms with Crippen LogP contribution in [0, 0.1) is 5.92 Å². The van der Waals surface area contributed by atoms with Crippen molar-refractivity contribution >= 4 is 35.2 Å². The van der Waals surface area contributed by atoms with Crippen LogP contribution in [0.1, 0.15) is 42.1 Å². The molecule has 0 bridgehead atoms. The molecule has 1 fully saturated rings. The lowest BCUT2D eigenvalue weighted by Gasteiger charge is -2.33. The summed E-state index contributed by atoms with van der Waals surface area (Å²) in [4.78, 5) is 25.9. The van der Waals surface area contributed by atoms with Crippen LogP contribution in [-0.2, 0) is 9.59 Å². The molecule has 2 aromatic carbocycles. The molecule has 1 heterocycles. The van der Waals surface area contributed by atoms with E-state index in [9.17, 15) is 9.59 Å². The highest BCUT2D eigenvalue weighted by molar-refractivity contribution is 8.00. The minimum absolute atomic E-state index is 0.0767. The number of hydrogen-bond donors (Lipinski definition) is 1. The van der Waals surface area contributed by atoms with Gasteiger partial charge in [-0.25, -0.2) is 0 Å². The number of rotatable bonds is 8. The quantitative estimate of drug-likeness (QED) is 0.662. The van der Waals surface area contributed by atoms with E-state index in [2.05, 4.69) is 12.1 Å². The molecule has 3 rings (SSSR count). The smallest absolute Gasteiger partial charge is 0.232 e. The average molecular weight is 431 g/mol. The van der Waals surface area contributed by atoms with Crippen LogP contribution in [0.15, 0.2) is 54.6 Å². The van der Waals surface area contributed by atoms with Gasteiger partial charge in [0, 0.05) is 24.5 Å². The van der Waals surface area contributed by atoms with Crippen LogP contribution in [0.4, 0.5) is 0 Å². The van der Waals surface area contributed by atoms with Gasteiger partial charge in [0.15, 0.2) is 0 Å². The van der Waals surface area contributed by atoms with Gasteiger partial charge in [0.25, 0.3) is 0 Å². The second kappa shape index (κ2) is 10.7. The molecule has 0 saturated carbocycles. The van der Waals surface area contributed by atoms with E-state index < -0.39 is 0 Å². The summed E-state index contributed by atoms with van der Waals surface area (Å²) < 4.78 is 0. The van der Waals surface area contributed by atoms with E-state index >= 15 is 0 Å². The average Bonchev–Trinajstić information content (AvgIpc) is 2.74. The van der Waals surface area contributed by atoms with Gasteiger partial charge in [0.2, 0.25) is 11.8 Å². The summed E-state index contributed by atoms with van der Waals surface area (Å²) >= 11 is 7.70. The molecule has 0 radical (unpaired) electrons. The molecule has 154 valence electrons. The maximum atomic E-state index is 12.9. The highest BCUT2D eigenvalue weighted by atomic mass is 35.5. The number of thioether (sulfide) groups is 1. The summed E-state index contributed by atoms with van der Waals surface area (Å²) in [5, 5.41) is 0.782. The molecule has 0 aliphatic carbocycles. The molecule has 1 aliphatic rings. The fourth-order valence-electron chi connectivity index (χ4n) is 3.77. The lowest BCUT2D eigenvalue weighted by Crippen LogP contribution is -2.41. The molecule has 29 heavy (non-hydrogen) atoms. The van der Waals surface area contributed by atoms with Gasteiger partial charge in [0.05, 0.1) is 11.0 Å². The zero-order valence-corrected chi connectivity index (χ0v) is 18.0. The summed E-state index contributed by atoms with van der Waals surface area (Å²) in [6, 6.07) is 18.1. The molecule has 2 atom stereocenters. The molecule has 1 aliphatic heterocycles. The van der Waals surface area contributed by atoms with Gasteiger partial charge >= 0.3 is 0 Å². The Morgan fingerprint density at radius 2 is 1.79 bits per heavy atom. The van der Waals surface area contributed by atoms with Crippen LogP contribution in [-0.4, -0.2) is 35.6 Å². The number of likely N-dealkylation sites (tertiary alicyclic amines) is 1. The molecule has 2 unspecified atom stereocenters. The van der Waals surface area contributed by atoms with Crippen molar-refractivity contribution < 1.29 is 9.59 Å². The van der Waals surface area contributed by atoms with Crippen molar-refractivity contribution in [3.05, 3.63) is 70.7 Å². The Kier molecular flexibility index (Phi) is 8.01. The summed E-state index contributed by atoms with van der Waals surface area (Å²) in [7, 11) is 0. The van der Waals surface area contributed by atoms with Gasteiger partial charge in [-0.2, -0.15) is 0 Å². The largest absolute Gasteiger partial charge is 0.370 e.